The minimum absolute atomic E-state index is 0.241. The molecule has 0 saturated heterocycles. The molecule has 0 aromatic heterocycles. The molecule has 0 N–H and O–H groups in total. The summed E-state index contributed by atoms with van der Waals surface area (Å²) in [4.78, 5) is 0. The highest BCUT2D eigenvalue weighted by Gasteiger charge is 2.13. The average molecular weight is 1040 g/mol. The maximum Gasteiger partial charge on any atom is 0.163 e. The van der Waals surface area contributed by atoms with E-state index in [2.05, 4.69) is 20.5 Å². The maximum atomic E-state index is 6.14. The van der Waals surface area contributed by atoms with E-state index in [0.717, 1.165) is 0 Å². The largest absolute Gasteiger partial charge is 0.487 e. The van der Waals surface area contributed by atoms with Gasteiger partial charge in [-0.3, -0.25) is 0 Å². The molecule has 0 fully saturated rings. The van der Waals surface area contributed by atoms with Crippen LogP contribution in [-0.2, 0) is 47.4 Å². The van der Waals surface area contributed by atoms with Gasteiger partial charge in [0.1, 0.15) is 52.9 Å². The molecule has 22 heteroatoms. The second-order valence-electron chi connectivity index (χ2n) is 15.8. The molecule has 3 heterocycles. The third-order valence-corrected chi connectivity index (χ3v) is 10.4. The number of ether oxygens (including phenoxy) is 18. The maximum absolute atomic E-state index is 6.14. The third-order valence-electron chi connectivity index (χ3n) is 10.4. The van der Waals surface area contributed by atoms with Gasteiger partial charge < -0.3 is 85.3 Å². The molecule has 0 radical (unpaired) electrons. The Balaban J connectivity index is 0.908. The Morgan fingerprint density at radius 3 is 0.500 bits per heavy atom. The number of fused-ring (bicyclic) bond motifs is 4. The van der Waals surface area contributed by atoms with E-state index in [1.54, 1.807) is 72.8 Å². The van der Waals surface area contributed by atoms with Crippen LogP contribution >= 0.6 is 0 Å². The molecule has 4 aromatic rings. The molecular weight excluding hydrogens is 969 g/mol. The van der Waals surface area contributed by atoms with Crippen molar-refractivity contribution in [2.45, 2.75) is 0 Å². The van der Waals surface area contributed by atoms with Crippen molar-refractivity contribution in [1.82, 2.24) is 0 Å². The molecule has 0 saturated carbocycles. The highest BCUT2D eigenvalue weighted by atomic mass is 16.6. The molecule has 404 valence electrons. The first-order valence-electron chi connectivity index (χ1n) is 25.0. The predicted molar refractivity (Wildman–Crippen MR) is 266 cm³/mol. The summed E-state index contributed by atoms with van der Waals surface area (Å²) in [6.07, 6.45) is 0. The van der Waals surface area contributed by atoms with Crippen molar-refractivity contribution in [3.8, 4) is 46.0 Å². The standard InChI is InChI=1S/C52H68N4O18/c1-5-45-49(71-33-25-63-15-11-57-9-13-59-21-29-67-45)37-41(1)53-55-43-3-7-47-51(39-43)73-35-27-65-19-20-66-28-36-74-52-40-44(4-8-48(52)70-32-24-62-18-17-61-23-31-69-47)56-54-42-2-6-46-50(38-42)72-34-26-64-16-12-58-10-14-60-22-30-68-46/h1-8,37-40H,9-36H2. The second kappa shape index (κ2) is 34.5. The first-order chi connectivity index (χ1) is 36.8. The minimum atomic E-state index is 0.241. The molecule has 3 aliphatic rings. The van der Waals surface area contributed by atoms with Crippen molar-refractivity contribution in [3.05, 3.63) is 72.8 Å². The van der Waals surface area contributed by atoms with Crippen LogP contribution in [0.5, 0.6) is 46.0 Å². The summed E-state index contributed by atoms with van der Waals surface area (Å²) in [6, 6.07) is 21.4. The number of rotatable bonds is 4. The van der Waals surface area contributed by atoms with Crippen LogP contribution in [0, 0.1) is 0 Å². The summed E-state index contributed by atoms with van der Waals surface area (Å²) in [5, 5.41) is 17.9. The lowest BCUT2D eigenvalue weighted by Crippen LogP contribution is -2.15. The first kappa shape index (κ1) is 55.8. The van der Waals surface area contributed by atoms with Crippen LogP contribution in [0.2, 0.25) is 0 Å². The zero-order valence-corrected chi connectivity index (χ0v) is 41.9. The SMILES string of the molecule is c1cc2c(cc1N=Nc1ccc3c(c1)OCCOCCOCCOc1cc(N=Nc4ccc5c(c4)OCCOCCOCCOCCO5)ccc1OCCOCCOCCO3)OCCOCCOCCOCCO2. The van der Waals surface area contributed by atoms with Crippen LogP contribution in [-0.4, -0.2) is 185 Å². The quantitative estimate of drug-likeness (QED) is 0.181. The topological polar surface area (TPSA) is 216 Å². The van der Waals surface area contributed by atoms with Gasteiger partial charge in [0.25, 0.3) is 0 Å². The van der Waals surface area contributed by atoms with Gasteiger partial charge in [-0.05, 0) is 48.5 Å². The lowest BCUT2D eigenvalue weighted by Gasteiger charge is -2.15. The Bertz CT molecular complexity index is 2100. The Labute approximate surface area is 431 Å². The van der Waals surface area contributed by atoms with Crippen molar-refractivity contribution in [2.75, 3.05) is 185 Å². The summed E-state index contributed by atoms with van der Waals surface area (Å²) < 4.78 is 105. The number of hydrogen-bond acceptors (Lipinski definition) is 22. The van der Waals surface area contributed by atoms with Gasteiger partial charge in [0.15, 0.2) is 46.0 Å². The van der Waals surface area contributed by atoms with Gasteiger partial charge in [-0.15, -0.1) is 0 Å². The van der Waals surface area contributed by atoms with E-state index in [0.29, 0.717) is 227 Å². The lowest BCUT2D eigenvalue weighted by molar-refractivity contribution is 0.00708. The van der Waals surface area contributed by atoms with Crippen LogP contribution in [0.4, 0.5) is 22.7 Å². The molecule has 0 bridgehead atoms. The fourth-order valence-electron chi connectivity index (χ4n) is 6.81. The van der Waals surface area contributed by atoms with Crippen molar-refractivity contribution in [1.29, 1.82) is 0 Å². The number of nitrogens with zero attached hydrogens (tertiary/aromatic N) is 4. The lowest BCUT2D eigenvalue weighted by atomic mass is 10.2. The fourth-order valence-corrected chi connectivity index (χ4v) is 6.81. The molecule has 74 heavy (non-hydrogen) atoms. The Morgan fingerprint density at radius 1 is 0.176 bits per heavy atom. The Kier molecular flexibility index (Phi) is 26.1. The molecule has 0 unspecified atom stereocenters. The van der Waals surface area contributed by atoms with Gasteiger partial charge in [-0.25, -0.2) is 0 Å². The summed E-state index contributed by atoms with van der Waals surface area (Å²) in [5.41, 5.74) is 2.21. The smallest absolute Gasteiger partial charge is 0.163 e. The van der Waals surface area contributed by atoms with E-state index in [1.807, 2.05) is 0 Å². The average Bonchev–Trinajstić information content (AvgIpc) is 3.43. The highest BCUT2D eigenvalue weighted by molar-refractivity contribution is 5.55. The van der Waals surface area contributed by atoms with Crippen LogP contribution in [0.25, 0.3) is 0 Å². The first-order valence-corrected chi connectivity index (χ1v) is 25.0. The van der Waals surface area contributed by atoms with Crippen LogP contribution < -0.4 is 37.9 Å². The van der Waals surface area contributed by atoms with Crippen molar-refractivity contribution < 1.29 is 85.3 Å². The molecule has 0 spiro atoms. The highest BCUT2D eigenvalue weighted by Crippen LogP contribution is 2.37. The molecule has 0 atom stereocenters. The van der Waals surface area contributed by atoms with Gasteiger partial charge in [0, 0.05) is 24.3 Å². The van der Waals surface area contributed by atoms with E-state index in [9.17, 15) is 0 Å². The van der Waals surface area contributed by atoms with Gasteiger partial charge in [0.05, 0.1) is 155 Å². The van der Waals surface area contributed by atoms with Crippen molar-refractivity contribution in [2.24, 2.45) is 20.5 Å². The molecular formula is C52H68N4O18. The Hall–Kier alpha value is -5.92. The molecule has 0 aliphatic carbocycles. The van der Waals surface area contributed by atoms with Gasteiger partial charge in [-0.2, -0.15) is 20.5 Å². The predicted octanol–water partition coefficient (Wildman–Crippen LogP) is 7.45. The summed E-state index contributed by atoms with van der Waals surface area (Å²) in [6.45, 7) is 10.4. The molecule has 7 rings (SSSR count). The van der Waals surface area contributed by atoms with Gasteiger partial charge >= 0.3 is 0 Å². The minimum Gasteiger partial charge on any atom is -0.487 e. The van der Waals surface area contributed by atoms with Crippen molar-refractivity contribution in [3.63, 3.8) is 0 Å². The van der Waals surface area contributed by atoms with Crippen molar-refractivity contribution >= 4 is 22.7 Å². The zero-order chi connectivity index (χ0) is 50.8. The molecule has 22 nitrogen and oxygen atoms in total. The van der Waals surface area contributed by atoms with E-state index in [-0.39, 0.29) is 26.4 Å². The third kappa shape index (κ3) is 21.5. The van der Waals surface area contributed by atoms with Gasteiger partial charge in [0.2, 0.25) is 0 Å². The van der Waals surface area contributed by atoms with Crippen LogP contribution in [0.15, 0.2) is 93.3 Å². The van der Waals surface area contributed by atoms with E-state index in [4.69, 9.17) is 85.3 Å². The summed E-state index contributed by atoms with van der Waals surface area (Å²) >= 11 is 0. The number of hydrogen-bond donors (Lipinski definition) is 0. The monoisotopic (exact) mass is 1040 g/mol. The van der Waals surface area contributed by atoms with E-state index < -0.39 is 0 Å². The fraction of sp³-hybridized carbons (Fsp3) is 0.538. The van der Waals surface area contributed by atoms with E-state index in [1.165, 1.54) is 0 Å². The zero-order valence-electron chi connectivity index (χ0n) is 41.9. The van der Waals surface area contributed by atoms with Gasteiger partial charge in [-0.1, -0.05) is 0 Å². The number of benzene rings is 4. The molecule has 4 aromatic carbocycles. The van der Waals surface area contributed by atoms with E-state index >= 15 is 0 Å². The summed E-state index contributed by atoms with van der Waals surface area (Å²) in [5.74, 6) is 4.15. The Morgan fingerprint density at radius 2 is 0.324 bits per heavy atom. The summed E-state index contributed by atoms with van der Waals surface area (Å²) in [7, 11) is 0. The molecule has 3 aliphatic heterocycles. The second-order valence-corrected chi connectivity index (χ2v) is 15.8. The van der Waals surface area contributed by atoms with Crippen LogP contribution in [0.3, 0.4) is 0 Å². The van der Waals surface area contributed by atoms with Crippen LogP contribution in [0.1, 0.15) is 0 Å². The normalized spacial score (nSPS) is 19.1. The number of azo groups is 2. The molecule has 0 amide bonds.